The zero-order valence-electron chi connectivity index (χ0n) is 19.5. The van der Waals surface area contributed by atoms with Gasteiger partial charge in [0.05, 0.1) is 5.75 Å². The molecule has 0 aliphatic rings. The van der Waals surface area contributed by atoms with Gasteiger partial charge in [0, 0.05) is 18.8 Å². The van der Waals surface area contributed by atoms with E-state index in [1.807, 2.05) is 38.1 Å². The summed E-state index contributed by atoms with van der Waals surface area (Å²) in [6.07, 6.45) is 0.587. The lowest BCUT2D eigenvalue weighted by Gasteiger charge is -2.31. The smallest absolute Gasteiger partial charge is 0.242 e. The second kappa shape index (κ2) is 12.6. The third kappa shape index (κ3) is 8.41. The van der Waals surface area contributed by atoms with Crippen LogP contribution in [-0.2, 0) is 21.9 Å². The third-order valence-corrected chi connectivity index (χ3v) is 6.07. The van der Waals surface area contributed by atoms with E-state index >= 15 is 0 Å². The van der Waals surface area contributed by atoms with Crippen molar-refractivity contribution in [1.82, 2.24) is 10.2 Å². The van der Waals surface area contributed by atoms with Gasteiger partial charge in [0.2, 0.25) is 11.8 Å². The highest BCUT2D eigenvalue weighted by molar-refractivity contribution is 7.99. The number of nitrogens with one attached hydrogen (secondary N) is 1. The van der Waals surface area contributed by atoms with Gasteiger partial charge in [-0.05, 0) is 37.3 Å². The Balaban J connectivity index is 2.12. The number of thioether (sulfide) groups is 1. The lowest BCUT2D eigenvalue weighted by molar-refractivity contribution is -0.139. The Morgan fingerprint density at radius 3 is 2.19 bits per heavy atom. The van der Waals surface area contributed by atoms with Crippen molar-refractivity contribution in [1.29, 1.82) is 0 Å². The first-order chi connectivity index (χ1) is 14.8. The maximum atomic E-state index is 13.3. The maximum Gasteiger partial charge on any atom is 0.242 e. The van der Waals surface area contributed by atoms with E-state index in [4.69, 9.17) is 0 Å². The fourth-order valence-corrected chi connectivity index (χ4v) is 4.35. The minimum Gasteiger partial charge on any atom is -0.354 e. The van der Waals surface area contributed by atoms with Crippen molar-refractivity contribution in [2.24, 2.45) is 5.92 Å². The lowest BCUT2D eigenvalue weighted by Crippen LogP contribution is -2.50. The van der Waals surface area contributed by atoms with Gasteiger partial charge in [-0.1, -0.05) is 80.4 Å². The molecular formula is C26H36N2O2S. The molecule has 0 fully saturated rings. The third-order valence-electron chi connectivity index (χ3n) is 5.08. The van der Waals surface area contributed by atoms with Crippen molar-refractivity contribution in [2.75, 3.05) is 12.3 Å². The minimum absolute atomic E-state index is 0.00528. The van der Waals surface area contributed by atoms with Crippen molar-refractivity contribution in [3.63, 3.8) is 0 Å². The fraction of sp³-hybridized carbons (Fsp3) is 0.462. The van der Waals surface area contributed by atoms with Gasteiger partial charge in [0.15, 0.2) is 0 Å². The summed E-state index contributed by atoms with van der Waals surface area (Å²) in [5.41, 5.74) is 4.63. The molecule has 0 radical (unpaired) electrons. The van der Waals surface area contributed by atoms with Crippen LogP contribution in [0, 0.1) is 19.8 Å². The predicted molar refractivity (Wildman–Crippen MR) is 131 cm³/mol. The number of carbonyl (C=O) groups is 2. The zero-order chi connectivity index (χ0) is 22.8. The Morgan fingerprint density at radius 1 is 1.00 bits per heavy atom. The molecule has 0 saturated carbocycles. The number of aryl methyl sites for hydroxylation is 2. The summed E-state index contributed by atoms with van der Waals surface area (Å²) in [6.45, 7) is 11.3. The average molecular weight is 441 g/mol. The molecule has 0 saturated heterocycles. The highest BCUT2D eigenvalue weighted by atomic mass is 32.2. The summed E-state index contributed by atoms with van der Waals surface area (Å²) in [5, 5.41) is 3.01. The molecule has 0 bridgehead atoms. The highest BCUT2D eigenvalue weighted by Crippen LogP contribution is 2.18. The molecule has 5 heteroatoms. The molecule has 0 aliphatic heterocycles. The van der Waals surface area contributed by atoms with Crippen molar-refractivity contribution < 1.29 is 9.59 Å². The normalized spacial score (nSPS) is 11.9. The molecular weight excluding hydrogens is 404 g/mol. The first kappa shape index (κ1) is 25.0. The minimum atomic E-state index is -0.466. The number of amides is 2. The van der Waals surface area contributed by atoms with Crippen LogP contribution >= 0.6 is 11.8 Å². The zero-order valence-corrected chi connectivity index (χ0v) is 20.3. The van der Waals surface area contributed by atoms with Gasteiger partial charge in [0.25, 0.3) is 0 Å². The number of hydrogen-bond donors (Lipinski definition) is 1. The molecule has 2 rings (SSSR count). The highest BCUT2D eigenvalue weighted by Gasteiger charge is 2.28. The molecule has 2 aromatic carbocycles. The van der Waals surface area contributed by atoms with Gasteiger partial charge in [0.1, 0.15) is 6.04 Å². The SMILES string of the molecule is CCC(C(=O)NCC(C)C)N(Cc1cccc(C)c1)C(=O)CSCc1cccc(C)c1. The van der Waals surface area contributed by atoms with Gasteiger partial charge in [-0.25, -0.2) is 0 Å². The van der Waals surface area contributed by atoms with Crippen LogP contribution in [0.15, 0.2) is 48.5 Å². The van der Waals surface area contributed by atoms with Gasteiger partial charge < -0.3 is 10.2 Å². The largest absolute Gasteiger partial charge is 0.354 e. The van der Waals surface area contributed by atoms with Gasteiger partial charge in [-0.15, -0.1) is 11.8 Å². The van der Waals surface area contributed by atoms with E-state index in [1.165, 1.54) is 11.1 Å². The molecule has 168 valence electrons. The van der Waals surface area contributed by atoms with Crippen LogP contribution < -0.4 is 5.32 Å². The van der Waals surface area contributed by atoms with Crippen LogP contribution in [0.3, 0.4) is 0 Å². The Kier molecular flexibility index (Phi) is 10.1. The first-order valence-electron chi connectivity index (χ1n) is 11.1. The summed E-state index contributed by atoms with van der Waals surface area (Å²) in [6, 6.07) is 16.0. The monoisotopic (exact) mass is 440 g/mol. The Hall–Kier alpha value is -2.27. The maximum absolute atomic E-state index is 13.3. The molecule has 0 spiro atoms. The van der Waals surface area contributed by atoms with E-state index in [9.17, 15) is 9.59 Å². The molecule has 2 amide bonds. The van der Waals surface area contributed by atoms with Crippen LogP contribution in [0.1, 0.15) is 49.4 Å². The number of carbonyl (C=O) groups excluding carboxylic acids is 2. The Labute approximate surface area is 191 Å². The average Bonchev–Trinajstić information content (AvgIpc) is 2.72. The Morgan fingerprint density at radius 2 is 1.61 bits per heavy atom. The number of hydrogen-bond acceptors (Lipinski definition) is 3. The molecule has 4 nitrogen and oxygen atoms in total. The standard InChI is InChI=1S/C26H36N2O2S/c1-6-24(26(30)27-15-19(2)3)28(16-22-11-7-9-20(4)13-22)25(29)18-31-17-23-12-8-10-21(5)14-23/h7-14,19,24H,6,15-18H2,1-5H3,(H,27,30). The number of nitrogens with zero attached hydrogens (tertiary/aromatic N) is 1. The lowest BCUT2D eigenvalue weighted by atomic mass is 10.1. The summed E-state index contributed by atoms with van der Waals surface area (Å²) in [5.74, 6) is 1.44. The van der Waals surface area contributed by atoms with E-state index in [0.29, 0.717) is 31.2 Å². The van der Waals surface area contributed by atoms with Crippen LogP contribution in [0.5, 0.6) is 0 Å². The quantitative estimate of drug-likeness (QED) is 0.528. The Bertz CT molecular complexity index is 866. The molecule has 0 heterocycles. The van der Waals surface area contributed by atoms with Crippen LogP contribution in [0.4, 0.5) is 0 Å². The van der Waals surface area contributed by atoms with Crippen molar-refractivity contribution in [2.45, 2.75) is 59.4 Å². The van der Waals surface area contributed by atoms with Gasteiger partial charge in [-0.2, -0.15) is 0 Å². The van der Waals surface area contributed by atoms with E-state index in [-0.39, 0.29) is 11.8 Å². The second-order valence-corrected chi connectivity index (χ2v) is 9.54. The van der Waals surface area contributed by atoms with Gasteiger partial charge >= 0.3 is 0 Å². The van der Waals surface area contributed by atoms with Crippen LogP contribution in [0.2, 0.25) is 0 Å². The molecule has 2 aromatic rings. The summed E-state index contributed by atoms with van der Waals surface area (Å²) in [7, 11) is 0. The van der Waals surface area contributed by atoms with E-state index in [1.54, 1.807) is 16.7 Å². The molecule has 0 aliphatic carbocycles. The number of rotatable bonds is 11. The van der Waals surface area contributed by atoms with Crippen LogP contribution in [-0.4, -0.2) is 35.1 Å². The fourth-order valence-electron chi connectivity index (χ4n) is 3.49. The first-order valence-corrected chi connectivity index (χ1v) is 12.2. The van der Waals surface area contributed by atoms with Gasteiger partial charge in [-0.3, -0.25) is 9.59 Å². The molecule has 1 atom stereocenters. The predicted octanol–water partition coefficient (Wildman–Crippen LogP) is 5.12. The van der Waals surface area contributed by atoms with Crippen molar-refractivity contribution in [3.05, 3.63) is 70.8 Å². The number of benzene rings is 2. The topological polar surface area (TPSA) is 49.4 Å². The second-order valence-electron chi connectivity index (χ2n) is 8.56. The molecule has 1 unspecified atom stereocenters. The van der Waals surface area contributed by atoms with Crippen molar-refractivity contribution >= 4 is 23.6 Å². The van der Waals surface area contributed by atoms with E-state index in [0.717, 1.165) is 16.9 Å². The summed E-state index contributed by atoms with van der Waals surface area (Å²) >= 11 is 1.60. The van der Waals surface area contributed by atoms with E-state index < -0.39 is 6.04 Å². The summed E-state index contributed by atoms with van der Waals surface area (Å²) in [4.78, 5) is 27.9. The van der Waals surface area contributed by atoms with E-state index in [2.05, 4.69) is 50.4 Å². The van der Waals surface area contributed by atoms with Crippen LogP contribution in [0.25, 0.3) is 0 Å². The molecule has 31 heavy (non-hydrogen) atoms. The van der Waals surface area contributed by atoms with Crippen molar-refractivity contribution in [3.8, 4) is 0 Å². The molecule has 0 aromatic heterocycles. The summed E-state index contributed by atoms with van der Waals surface area (Å²) < 4.78 is 0. The molecule has 1 N–H and O–H groups in total.